The van der Waals surface area contributed by atoms with Crippen molar-refractivity contribution < 1.29 is 24.6 Å². The van der Waals surface area contributed by atoms with Gasteiger partial charge in [-0.1, -0.05) is 0 Å². The molecule has 0 fully saturated rings. The lowest BCUT2D eigenvalue weighted by atomic mass is 10.1. The summed E-state index contributed by atoms with van der Waals surface area (Å²) in [6, 6.07) is 0. The molecule has 0 radical (unpaired) electrons. The number of aliphatic hydroxyl groups excluding tert-OH is 1. The normalized spacial score (nSPS) is 16.9. The zero-order valence-corrected chi connectivity index (χ0v) is 7.27. The predicted octanol–water partition coefficient (Wildman–Crippen LogP) is -1.25. The van der Waals surface area contributed by atoms with Gasteiger partial charge in [-0.25, -0.2) is 4.79 Å². The van der Waals surface area contributed by atoms with Gasteiger partial charge in [0.25, 0.3) is 5.91 Å². The largest absolute Gasteiger partial charge is 0.478 e. The smallest absolute Gasteiger partial charge is 0.332 e. The summed E-state index contributed by atoms with van der Waals surface area (Å²) in [6.45, 7) is -0.422. The highest BCUT2D eigenvalue weighted by molar-refractivity contribution is 6.11. The minimum absolute atomic E-state index is 0.0962. The number of carboxylic acids is 1. The number of rotatable bonds is 3. The van der Waals surface area contributed by atoms with Gasteiger partial charge in [0, 0.05) is 6.08 Å². The number of carboxylic acid groups (broad SMARTS) is 1. The third-order valence-corrected chi connectivity index (χ3v) is 1.80. The number of β-amino-alcohol motifs (C(OH)–C–C–N with tert-alkyl or cyclic N) is 1. The fourth-order valence-corrected chi connectivity index (χ4v) is 1.13. The molecule has 0 aromatic rings. The van der Waals surface area contributed by atoms with Gasteiger partial charge in [-0.15, -0.1) is 0 Å². The monoisotopic (exact) mass is 199 g/mol. The highest BCUT2D eigenvalue weighted by Crippen LogP contribution is 2.12. The number of hydrogen-bond donors (Lipinski definition) is 2. The van der Waals surface area contributed by atoms with Crippen LogP contribution in [0.1, 0.15) is 6.42 Å². The maximum Gasteiger partial charge on any atom is 0.332 e. The fraction of sp³-hybridized carbons (Fsp3) is 0.375. The van der Waals surface area contributed by atoms with Crippen LogP contribution < -0.4 is 0 Å². The number of carbonyl (C=O) groups excluding carboxylic acids is 2. The van der Waals surface area contributed by atoms with Crippen molar-refractivity contribution in [3.8, 4) is 0 Å². The maximum absolute atomic E-state index is 11.2. The van der Waals surface area contributed by atoms with E-state index in [0.717, 1.165) is 11.0 Å². The van der Waals surface area contributed by atoms with Crippen molar-refractivity contribution in [2.75, 3.05) is 13.2 Å². The van der Waals surface area contributed by atoms with Crippen LogP contribution in [0.2, 0.25) is 0 Å². The van der Waals surface area contributed by atoms with E-state index < -0.39 is 17.8 Å². The Labute approximate surface area is 79.4 Å². The maximum atomic E-state index is 11.2. The number of imide groups is 1. The molecule has 0 saturated carbocycles. The van der Waals surface area contributed by atoms with Gasteiger partial charge in [-0.3, -0.25) is 14.5 Å². The van der Waals surface area contributed by atoms with Crippen molar-refractivity contribution in [3.05, 3.63) is 11.6 Å². The van der Waals surface area contributed by atoms with Crippen molar-refractivity contribution in [2.45, 2.75) is 6.42 Å². The van der Waals surface area contributed by atoms with Gasteiger partial charge in [-0.2, -0.15) is 0 Å². The molecule has 0 spiro atoms. The molecule has 1 rings (SSSR count). The molecule has 0 aliphatic carbocycles. The van der Waals surface area contributed by atoms with Gasteiger partial charge in [0.1, 0.15) is 0 Å². The summed E-state index contributed by atoms with van der Waals surface area (Å²) in [4.78, 5) is 33.7. The van der Waals surface area contributed by atoms with Crippen LogP contribution in [0.15, 0.2) is 11.6 Å². The van der Waals surface area contributed by atoms with Crippen LogP contribution in [0.4, 0.5) is 0 Å². The van der Waals surface area contributed by atoms with Crippen molar-refractivity contribution in [1.29, 1.82) is 0 Å². The van der Waals surface area contributed by atoms with E-state index in [2.05, 4.69) is 0 Å². The van der Waals surface area contributed by atoms with Gasteiger partial charge >= 0.3 is 5.97 Å². The zero-order valence-electron chi connectivity index (χ0n) is 7.27. The van der Waals surface area contributed by atoms with Gasteiger partial charge in [0.05, 0.1) is 25.1 Å². The second kappa shape index (κ2) is 4.01. The minimum Gasteiger partial charge on any atom is -0.478 e. The minimum atomic E-state index is -1.27. The first-order valence-corrected chi connectivity index (χ1v) is 3.95. The molecule has 0 aromatic heterocycles. The molecule has 0 bridgehead atoms. The van der Waals surface area contributed by atoms with E-state index in [-0.39, 0.29) is 25.1 Å². The van der Waals surface area contributed by atoms with Crippen molar-refractivity contribution in [2.24, 2.45) is 0 Å². The molecule has 0 unspecified atom stereocenters. The summed E-state index contributed by atoms with van der Waals surface area (Å²) in [5.41, 5.74) is -0.214. The van der Waals surface area contributed by atoms with E-state index in [1.807, 2.05) is 0 Å². The molecule has 0 atom stereocenters. The van der Waals surface area contributed by atoms with Crippen LogP contribution >= 0.6 is 0 Å². The summed E-state index contributed by atoms with van der Waals surface area (Å²) in [5.74, 6) is -2.55. The van der Waals surface area contributed by atoms with Crippen LogP contribution in [0.3, 0.4) is 0 Å². The topological polar surface area (TPSA) is 94.9 Å². The molecule has 6 nitrogen and oxygen atoms in total. The summed E-state index contributed by atoms with van der Waals surface area (Å²) in [5, 5.41) is 17.1. The molecular weight excluding hydrogens is 190 g/mol. The van der Waals surface area contributed by atoms with Crippen LogP contribution in [0.5, 0.6) is 0 Å². The third kappa shape index (κ3) is 1.97. The Morgan fingerprint density at radius 1 is 1.50 bits per heavy atom. The molecule has 1 heterocycles. The van der Waals surface area contributed by atoms with Gasteiger partial charge in [0.2, 0.25) is 5.91 Å². The second-order valence-corrected chi connectivity index (χ2v) is 2.76. The molecule has 0 saturated heterocycles. The summed E-state index contributed by atoms with van der Waals surface area (Å²) < 4.78 is 0. The Bertz CT molecular complexity index is 320. The van der Waals surface area contributed by atoms with Crippen LogP contribution in [-0.4, -0.2) is 46.0 Å². The molecule has 14 heavy (non-hydrogen) atoms. The van der Waals surface area contributed by atoms with Gasteiger partial charge in [0.15, 0.2) is 0 Å². The van der Waals surface area contributed by atoms with Gasteiger partial charge in [-0.05, 0) is 0 Å². The molecule has 0 aromatic carbocycles. The van der Waals surface area contributed by atoms with Crippen molar-refractivity contribution in [3.63, 3.8) is 0 Å². The first kappa shape index (κ1) is 10.4. The van der Waals surface area contributed by atoms with Crippen molar-refractivity contribution in [1.82, 2.24) is 4.90 Å². The van der Waals surface area contributed by atoms with Crippen molar-refractivity contribution >= 4 is 17.8 Å². The van der Waals surface area contributed by atoms with E-state index in [9.17, 15) is 14.4 Å². The average Bonchev–Trinajstić information content (AvgIpc) is 2.10. The first-order chi connectivity index (χ1) is 6.56. The highest BCUT2D eigenvalue weighted by atomic mass is 16.4. The Balaban J connectivity index is 2.86. The van der Waals surface area contributed by atoms with Crippen LogP contribution in [0.25, 0.3) is 0 Å². The number of amides is 2. The molecule has 76 valence electrons. The second-order valence-electron chi connectivity index (χ2n) is 2.76. The Morgan fingerprint density at radius 3 is 2.57 bits per heavy atom. The number of nitrogens with zero attached hydrogens (tertiary/aromatic N) is 1. The first-order valence-electron chi connectivity index (χ1n) is 3.95. The van der Waals surface area contributed by atoms with E-state index in [0.29, 0.717) is 0 Å². The number of aliphatic carboxylic acids is 1. The lowest BCUT2D eigenvalue weighted by molar-refractivity contribution is -0.145. The lowest BCUT2D eigenvalue weighted by Crippen LogP contribution is -2.41. The molecule has 1 aliphatic rings. The number of carbonyl (C=O) groups is 3. The van der Waals surface area contributed by atoms with E-state index in [4.69, 9.17) is 10.2 Å². The summed E-state index contributed by atoms with van der Waals surface area (Å²) >= 11 is 0. The van der Waals surface area contributed by atoms with E-state index >= 15 is 0 Å². The molecular formula is C8H9NO5. The van der Waals surface area contributed by atoms with E-state index in [1.165, 1.54) is 0 Å². The number of hydrogen-bond acceptors (Lipinski definition) is 4. The Hall–Kier alpha value is -1.69. The lowest BCUT2D eigenvalue weighted by Gasteiger charge is -2.22. The summed E-state index contributed by atoms with van der Waals surface area (Å²) in [7, 11) is 0. The molecule has 1 aliphatic heterocycles. The fourth-order valence-electron chi connectivity index (χ4n) is 1.13. The number of aliphatic hydroxyl groups is 1. The molecule has 2 N–H and O–H groups in total. The van der Waals surface area contributed by atoms with E-state index in [1.54, 1.807) is 0 Å². The quantitative estimate of drug-likeness (QED) is 0.554. The Morgan fingerprint density at radius 2 is 2.14 bits per heavy atom. The Kier molecular flexibility index (Phi) is 2.98. The molecule has 6 heteroatoms. The van der Waals surface area contributed by atoms with Crippen LogP contribution in [-0.2, 0) is 14.4 Å². The van der Waals surface area contributed by atoms with Gasteiger partial charge < -0.3 is 10.2 Å². The average molecular weight is 199 g/mol. The molecule has 2 amide bonds. The predicted molar refractivity (Wildman–Crippen MR) is 44.1 cm³/mol. The highest BCUT2D eigenvalue weighted by Gasteiger charge is 2.28. The third-order valence-electron chi connectivity index (χ3n) is 1.80. The SMILES string of the molecule is O=C(O)C1=CC(=O)N(CCO)C(=O)C1. The zero-order chi connectivity index (χ0) is 10.7. The summed E-state index contributed by atoms with van der Waals surface area (Å²) in [6.07, 6.45) is 0.598. The van der Waals surface area contributed by atoms with Crippen LogP contribution in [0, 0.1) is 0 Å². The standard InChI is InChI=1S/C8H9NO5/c10-2-1-9-6(11)3-5(8(13)14)4-7(9)12/h3,10H,1-2,4H2,(H,13,14).